The summed E-state index contributed by atoms with van der Waals surface area (Å²) in [6.45, 7) is 4.42. The molecule has 0 atom stereocenters. The summed E-state index contributed by atoms with van der Waals surface area (Å²) in [5, 5.41) is 1.44. The van der Waals surface area contributed by atoms with Gasteiger partial charge >= 0.3 is 5.63 Å². The third-order valence-corrected chi connectivity index (χ3v) is 3.80. The number of halogens is 1. The fourth-order valence-corrected chi connectivity index (χ4v) is 2.75. The molecule has 0 aliphatic carbocycles. The summed E-state index contributed by atoms with van der Waals surface area (Å²) in [7, 11) is 0. The van der Waals surface area contributed by atoms with Crippen molar-refractivity contribution in [2.75, 3.05) is 6.61 Å². The molecule has 112 valence electrons. The maximum atomic E-state index is 12.3. The summed E-state index contributed by atoms with van der Waals surface area (Å²) in [5.74, 6) is 0.754. The van der Waals surface area contributed by atoms with Crippen LogP contribution in [-0.2, 0) is 0 Å². The van der Waals surface area contributed by atoms with Gasteiger partial charge in [-0.3, -0.25) is 0 Å². The highest BCUT2D eigenvalue weighted by Crippen LogP contribution is 2.30. The summed E-state index contributed by atoms with van der Waals surface area (Å²) in [6.07, 6.45) is 0. The zero-order valence-corrected chi connectivity index (χ0v) is 13.1. The molecule has 0 amide bonds. The Hall–Kier alpha value is -2.26. The van der Waals surface area contributed by atoms with E-state index < -0.39 is 0 Å². The number of aryl methyl sites for hydroxylation is 1. The maximum absolute atomic E-state index is 12.3. The summed E-state index contributed by atoms with van der Waals surface area (Å²) in [5.41, 5.74) is 2.33. The first-order chi connectivity index (χ1) is 10.6. The second-order valence-electron chi connectivity index (χ2n) is 4.99. The Balaban J connectivity index is 2.28. The Morgan fingerprint density at radius 1 is 1.18 bits per heavy atom. The van der Waals surface area contributed by atoms with E-state index >= 15 is 0 Å². The minimum absolute atomic E-state index is 0.364. The zero-order valence-electron chi connectivity index (χ0n) is 12.4. The van der Waals surface area contributed by atoms with Crippen molar-refractivity contribution in [1.29, 1.82) is 0 Å². The quantitative estimate of drug-likeness (QED) is 0.651. The topological polar surface area (TPSA) is 39.4 Å². The van der Waals surface area contributed by atoms with Crippen LogP contribution in [0.1, 0.15) is 12.5 Å². The Morgan fingerprint density at radius 2 is 2.00 bits per heavy atom. The summed E-state index contributed by atoms with van der Waals surface area (Å²) in [6, 6.07) is 12.7. The minimum Gasteiger partial charge on any atom is -0.494 e. The highest BCUT2D eigenvalue weighted by molar-refractivity contribution is 6.30. The Kier molecular flexibility index (Phi) is 3.90. The molecule has 1 heterocycles. The molecule has 0 spiro atoms. The molecule has 0 radical (unpaired) electrons. The molecule has 3 aromatic rings. The van der Waals surface area contributed by atoms with E-state index in [0.717, 1.165) is 22.3 Å². The smallest absolute Gasteiger partial charge is 0.344 e. The SMILES string of the molecule is CCOc1ccc2oc(=O)c(-c3cccc(Cl)c3)c(C)c2c1. The first-order valence-electron chi connectivity index (χ1n) is 7.06. The van der Waals surface area contributed by atoms with Crippen molar-refractivity contribution in [3.8, 4) is 16.9 Å². The largest absolute Gasteiger partial charge is 0.494 e. The number of benzene rings is 2. The van der Waals surface area contributed by atoms with E-state index in [2.05, 4.69) is 0 Å². The molecular formula is C18H15ClO3. The van der Waals surface area contributed by atoms with Gasteiger partial charge in [-0.15, -0.1) is 0 Å². The zero-order chi connectivity index (χ0) is 15.7. The van der Waals surface area contributed by atoms with Gasteiger partial charge in [0.2, 0.25) is 0 Å². The van der Waals surface area contributed by atoms with Gasteiger partial charge in [0.25, 0.3) is 0 Å². The third-order valence-electron chi connectivity index (χ3n) is 3.56. The molecule has 0 unspecified atom stereocenters. The highest BCUT2D eigenvalue weighted by atomic mass is 35.5. The molecule has 0 saturated heterocycles. The molecule has 2 aromatic carbocycles. The molecule has 3 nitrogen and oxygen atoms in total. The molecule has 0 bridgehead atoms. The number of rotatable bonds is 3. The number of ether oxygens (including phenoxy) is 1. The summed E-state index contributed by atoms with van der Waals surface area (Å²) >= 11 is 6.03. The van der Waals surface area contributed by atoms with Crippen LogP contribution >= 0.6 is 11.6 Å². The lowest BCUT2D eigenvalue weighted by atomic mass is 9.99. The van der Waals surface area contributed by atoms with E-state index in [0.29, 0.717) is 22.8 Å². The summed E-state index contributed by atoms with van der Waals surface area (Å²) in [4.78, 5) is 12.3. The van der Waals surface area contributed by atoms with Crippen molar-refractivity contribution in [1.82, 2.24) is 0 Å². The van der Waals surface area contributed by atoms with Gasteiger partial charge in [0.05, 0.1) is 12.2 Å². The van der Waals surface area contributed by atoms with E-state index in [4.69, 9.17) is 20.8 Å². The van der Waals surface area contributed by atoms with Gasteiger partial charge in [-0.25, -0.2) is 4.79 Å². The standard InChI is InChI=1S/C18H15ClO3/c1-3-21-14-7-8-16-15(10-14)11(2)17(18(20)22-16)12-5-4-6-13(19)9-12/h4-10H,3H2,1-2H3. The van der Waals surface area contributed by atoms with Gasteiger partial charge in [0.1, 0.15) is 11.3 Å². The van der Waals surface area contributed by atoms with Crippen molar-refractivity contribution in [2.45, 2.75) is 13.8 Å². The average Bonchev–Trinajstić information content (AvgIpc) is 2.48. The van der Waals surface area contributed by atoms with Crippen LogP contribution in [-0.4, -0.2) is 6.61 Å². The maximum Gasteiger partial charge on any atom is 0.344 e. The van der Waals surface area contributed by atoms with Crippen LogP contribution in [0.4, 0.5) is 0 Å². The second-order valence-corrected chi connectivity index (χ2v) is 5.43. The fraction of sp³-hybridized carbons (Fsp3) is 0.167. The van der Waals surface area contributed by atoms with E-state index in [1.165, 1.54) is 0 Å². The van der Waals surface area contributed by atoms with Crippen LogP contribution in [0.3, 0.4) is 0 Å². The number of fused-ring (bicyclic) bond motifs is 1. The molecule has 0 aliphatic rings. The van der Waals surface area contributed by atoms with E-state index in [1.807, 2.05) is 32.0 Å². The second kappa shape index (κ2) is 5.85. The molecule has 0 N–H and O–H groups in total. The monoisotopic (exact) mass is 314 g/mol. The Morgan fingerprint density at radius 3 is 2.73 bits per heavy atom. The normalized spacial score (nSPS) is 10.9. The minimum atomic E-state index is -0.364. The molecule has 4 heteroatoms. The van der Waals surface area contributed by atoms with Crippen molar-refractivity contribution in [3.63, 3.8) is 0 Å². The Labute approximate surface area is 133 Å². The molecule has 0 fully saturated rings. The van der Waals surface area contributed by atoms with Crippen molar-refractivity contribution in [3.05, 3.63) is 63.5 Å². The first kappa shape index (κ1) is 14.7. The molecule has 1 aromatic heterocycles. The van der Waals surface area contributed by atoms with Gasteiger partial charge in [0, 0.05) is 10.4 Å². The predicted octanol–water partition coefficient (Wildman–Crippen LogP) is 4.82. The highest BCUT2D eigenvalue weighted by Gasteiger charge is 2.14. The van der Waals surface area contributed by atoms with Crippen LogP contribution in [0, 0.1) is 6.92 Å². The third kappa shape index (κ3) is 2.60. The van der Waals surface area contributed by atoms with Crippen molar-refractivity contribution < 1.29 is 9.15 Å². The van der Waals surface area contributed by atoms with E-state index in [-0.39, 0.29) is 5.63 Å². The Bertz CT molecular complexity index is 896. The van der Waals surface area contributed by atoms with E-state index in [9.17, 15) is 4.79 Å². The lowest BCUT2D eigenvalue weighted by Gasteiger charge is -2.10. The molecule has 3 rings (SSSR count). The van der Waals surface area contributed by atoms with Gasteiger partial charge in [0.15, 0.2) is 0 Å². The van der Waals surface area contributed by atoms with Crippen LogP contribution in [0.25, 0.3) is 22.1 Å². The van der Waals surface area contributed by atoms with Crippen LogP contribution in [0.5, 0.6) is 5.75 Å². The van der Waals surface area contributed by atoms with Crippen LogP contribution < -0.4 is 10.4 Å². The molecule has 22 heavy (non-hydrogen) atoms. The lowest BCUT2D eigenvalue weighted by Crippen LogP contribution is -2.06. The fourth-order valence-electron chi connectivity index (χ4n) is 2.56. The average molecular weight is 315 g/mol. The molecule has 0 saturated carbocycles. The predicted molar refractivity (Wildman–Crippen MR) is 88.8 cm³/mol. The van der Waals surface area contributed by atoms with Crippen LogP contribution in [0.15, 0.2) is 51.7 Å². The number of hydrogen-bond acceptors (Lipinski definition) is 3. The van der Waals surface area contributed by atoms with Gasteiger partial charge in [-0.1, -0.05) is 23.7 Å². The lowest BCUT2D eigenvalue weighted by molar-refractivity contribution is 0.340. The molecule has 0 aliphatic heterocycles. The van der Waals surface area contributed by atoms with Crippen molar-refractivity contribution in [2.24, 2.45) is 0 Å². The van der Waals surface area contributed by atoms with Gasteiger partial charge in [-0.05, 0) is 55.3 Å². The van der Waals surface area contributed by atoms with Gasteiger partial charge in [-0.2, -0.15) is 0 Å². The molecular weight excluding hydrogens is 300 g/mol. The van der Waals surface area contributed by atoms with Crippen molar-refractivity contribution >= 4 is 22.6 Å². The van der Waals surface area contributed by atoms with Gasteiger partial charge < -0.3 is 9.15 Å². The van der Waals surface area contributed by atoms with E-state index in [1.54, 1.807) is 24.3 Å². The first-order valence-corrected chi connectivity index (χ1v) is 7.44. The van der Waals surface area contributed by atoms with Crippen LogP contribution in [0.2, 0.25) is 5.02 Å². The summed E-state index contributed by atoms with van der Waals surface area (Å²) < 4.78 is 11.0. The number of hydrogen-bond donors (Lipinski definition) is 0.